The van der Waals surface area contributed by atoms with Gasteiger partial charge in [-0.25, -0.2) is 8.42 Å². The van der Waals surface area contributed by atoms with E-state index in [2.05, 4.69) is 5.32 Å². The topological polar surface area (TPSA) is 86.8 Å². The van der Waals surface area contributed by atoms with Gasteiger partial charge in [0.2, 0.25) is 11.8 Å². The van der Waals surface area contributed by atoms with E-state index in [0.29, 0.717) is 10.4 Å². The first-order valence-corrected chi connectivity index (χ1v) is 13.5. The molecule has 0 aliphatic carbocycles. The van der Waals surface area contributed by atoms with Gasteiger partial charge >= 0.3 is 6.18 Å². The first-order chi connectivity index (χ1) is 18.3. The van der Waals surface area contributed by atoms with Crippen LogP contribution in [-0.4, -0.2) is 44.8 Å². The SMILES string of the molecule is CNC(=O)[C@@H](C)N(Cc1ccccc1C)C(=O)CN(c1cccc(C(F)(F)F)c1)S(=O)(=O)c1ccc(C)cc1. The summed E-state index contributed by atoms with van der Waals surface area (Å²) in [6.07, 6.45) is -4.73. The van der Waals surface area contributed by atoms with E-state index in [0.717, 1.165) is 28.8 Å². The number of carbonyl (C=O) groups is 2. The van der Waals surface area contributed by atoms with E-state index < -0.39 is 46.2 Å². The quantitative estimate of drug-likeness (QED) is 0.411. The van der Waals surface area contributed by atoms with Crippen molar-refractivity contribution in [2.75, 3.05) is 17.9 Å². The zero-order chi connectivity index (χ0) is 29.0. The predicted molar refractivity (Wildman–Crippen MR) is 142 cm³/mol. The van der Waals surface area contributed by atoms with E-state index in [9.17, 15) is 31.2 Å². The molecule has 1 atom stereocenters. The standard InChI is InChI=1S/C28H30F3N3O4S/c1-19-12-14-25(15-13-19)39(37,38)34(24-11-7-10-23(16-24)28(29,30)31)18-26(35)33(21(3)27(36)32-4)17-22-9-6-5-8-20(22)2/h5-16,21H,17-18H2,1-4H3,(H,32,36)/t21-/m1/s1. The largest absolute Gasteiger partial charge is 0.416 e. The summed E-state index contributed by atoms with van der Waals surface area (Å²) >= 11 is 0. The van der Waals surface area contributed by atoms with E-state index in [1.807, 2.05) is 19.1 Å². The number of alkyl halides is 3. The van der Waals surface area contributed by atoms with Gasteiger partial charge in [-0.1, -0.05) is 48.0 Å². The Balaban J connectivity index is 2.11. The number of amides is 2. The Hall–Kier alpha value is -3.86. The average Bonchev–Trinajstić information content (AvgIpc) is 2.90. The lowest BCUT2D eigenvalue weighted by Crippen LogP contribution is -2.50. The highest BCUT2D eigenvalue weighted by Gasteiger charge is 2.35. The van der Waals surface area contributed by atoms with Crippen LogP contribution in [0.3, 0.4) is 0 Å². The molecule has 0 spiro atoms. The molecule has 0 aliphatic rings. The van der Waals surface area contributed by atoms with Gasteiger partial charge in [-0.15, -0.1) is 0 Å². The maximum Gasteiger partial charge on any atom is 0.416 e. The van der Waals surface area contributed by atoms with Crippen LogP contribution in [0.2, 0.25) is 0 Å². The van der Waals surface area contributed by atoms with Crippen LogP contribution in [0.4, 0.5) is 18.9 Å². The molecule has 3 aromatic carbocycles. The maximum atomic E-state index is 13.7. The van der Waals surface area contributed by atoms with Gasteiger partial charge in [0.1, 0.15) is 12.6 Å². The van der Waals surface area contributed by atoms with Crippen molar-refractivity contribution < 1.29 is 31.2 Å². The van der Waals surface area contributed by atoms with Gasteiger partial charge in [0.05, 0.1) is 16.1 Å². The van der Waals surface area contributed by atoms with Gasteiger partial charge < -0.3 is 10.2 Å². The summed E-state index contributed by atoms with van der Waals surface area (Å²) in [4.78, 5) is 27.3. The van der Waals surface area contributed by atoms with Crippen molar-refractivity contribution in [3.05, 3.63) is 95.1 Å². The highest BCUT2D eigenvalue weighted by Crippen LogP contribution is 2.33. The fraction of sp³-hybridized carbons (Fsp3) is 0.286. The first kappa shape index (κ1) is 29.7. The van der Waals surface area contributed by atoms with Crippen LogP contribution in [0.1, 0.15) is 29.2 Å². The number of nitrogens with zero attached hydrogens (tertiary/aromatic N) is 2. The van der Waals surface area contributed by atoms with E-state index in [1.165, 1.54) is 37.1 Å². The predicted octanol–water partition coefficient (Wildman–Crippen LogP) is 4.68. The number of rotatable bonds is 9. The van der Waals surface area contributed by atoms with Crippen molar-refractivity contribution in [1.82, 2.24) is 10.2 Å². The highest BCUT2D eigenvalue weighted by atomic mass is 32.2. The van der Waals surface area contributed by atoms with Gasteiger partial charge in [0, 0.05) is 13.6 Å². The van der Waals surface area contributed by atoms with Crippen molar-refractivity contribution in [3.8, 4) is 0 Å². The van der Waals surface area contributed by atoms with Crippen molar-refractivity contribution in [1.29, 1.82) is 0 Å². The number of benzene rings is 3. The van der Waals surface area contributed by atoms with Crippen LogP contribution in [-0.2, 0) is 32.3 Å². The van der Waals surface area contributed by atoms with Crippen molar-refractivity contribution in [2.24, 2.45) is 0 Å². The maximum absolute atomic E-state index is 13.7. The minimum atomic E-state index is -4.73. The average molecular weight is 562 g/mol. The number of carbonyl (C=O) groups excluding carboxylic acids is 2. The van der Waals surface area contributed by atoms with Gasteiger partial charge in [-0.05, 0) is 62.2 Å². The summed E-state index contributed by atoms with van der Waals surface area (Å²) in [7, 11) is -3.07. The second-order valence-electron chi connectivity index (χ2n) is 9.11. The van der Waals surface area contributed by atoms with Crippen LogP contribution >= 0.6 is 0 Å². The second-order valence-corrected chi connectivity index (χ2v) is 11.0. The Bertz CT molecular complexity index is 1440. The second kappa shape index (κ2) is 11.9. The Kier molecular flexibility index (Phi) is 9.06. The number of aryl methyl sites for hydroxylation is 2. The lowest BCUT2D eigenvalue weighted by Gasteiger charge is -2.32. The molecule has 3 rings (SSSR count). The molecule has 0 unspecified atom stereocenters. The molecule has 0 aliphatic heterocycles. The van der Waals surface area contributed by atoms with Crippen LogP contribution in [0.25, 0.3) is 0 Å². The van der Waals surface area contributed by atoms with Crippen LogP contribution in [0.5, 0.6) is 0 Å². The smallest absolute Gasteiger partial charge is 0.357 e. The first-order valence-electron chi connectivity index (χ1n) is 12.1. The number of sulfonamides is 1. The number of halogens is 3. The van der Waals surface area contributed by atoms with Crippen molar-refractivity contribution >= 4 is 27.5 Å². The van der Waals surface area contributed by atoms with Gasteiger partial charge in [0.25, 0.3) is 10.0 Å². The molecule has 2 amide bonds. The van der Waals surface area contributed by atoms with E-state index in [-0.39, 0.29) is 17.1 Å². The molecule has 0 saturated carbocycles. The Labute approximate surface area is 226 Å². The summed E-state index contributed by atoms with van der Waals surface area (Å²) in [5.41, 5.74) is 0.962. The van der Waals surface area contributed by atoms with Crippen LogP contribution in [0.15, 0.2) is 77.7 Å². The fourth-order valence-corrected chi connectivity index (χ4v) is 5.37. The van der Waals surface area contributed by atoms with E-state index in [4.69, 9.17) is 0 Å². The number of hydrogen-bond donors (Lipinski definition) is 1. The molecule has 0 bridgehead atoms. The van der Waals surface area contributed by atoms with E-state index in [1.54, 1.807) is 31.2 Å². The van der Waals surface area contributed by atoms with Crippen LogP contribution < -0.4 is 9.62 Å². The number of hydrogen-bond acceptors (Lipinski definition) is 4. The molecule has 7 nitrogen and oxygen atoms in total. The van der Waals surface area contributed by atoms with Gasteiger partial charge in [-0.3, -0.25) is 13.9 Å². The van der Waals surface area contributed by atoms with Gasteiger partial charge in [0.15, 0.2) is 0 Å². The number of likely N-dealkylation sites (N-methyl/N-ethyl adjacent to an activating group) is 1. The number of anilines is 1. The molecule has 208 valence electrons. The van der Waals surface area contributed by atoms with E-state index >= 15 is 0 Å². The Morgan fingerprint density at radius 3 is 2.18 bits per heavy atom. The summed E-state index contributed by atoms with van der Waals surface area (Å²) in [5.74, 6) is -1.24. The summed E-state index contributed by atoms with van der Waals surface area (Å²) in [6.45, 7) is 4.25. The molecule has 39 heavy (non-hydrogen) atoms. The minimum Gasteiger partial charge on any atom is -0.357 e. The normalized spacial score (nSPS) is 12.5. The third-order valence-corrected chi connectivity index (χ3v) is 8.15. The fourth-order valence-electron chi connectivity index (χ4n) is 3.97. The Morgan fingerprint density at radius 1 is 0.949 bits per heavy atom. The monoisotopic (exact) mass is 561 g/mol. The van der Waals surface area contributed by atoms with Crippen molar-refractivity contribution in [2.45, 2.75) is 44.4 Å². The minimum absolute atomic E-state index is 0.0128. The lowest BCUT2D eigenvalue weighted by molar-refractivity contribution is -0.139. The zero-order valence-electron chi connectivity index (χ0n) is 22.0. The molecule has 3 aromatic rings. The molecule has 0 radical (unpaired) electrons. The van der Waals surface area contributed by atoms with Crippen molar-refractivity contribution in [3.63, 3.8) is 0 Å². The third-order valence-electron chi connectivity index (χ3n) is 6.36. The van der Waals surface area contributed by atoms with Gasteiger partial charge in [-0.2, -0.15) is 13.2 Å². The third kappa shape index (κ3) is 6.97. The zero-order valence-corrected chi connectivity index (χ0v) is 22.8. The molecule has 0 saturated heterocycles. The summed E-state index contributed by atoms with van der Waals surface area (Å²) < 4.78 is 68.6. The summed E-state index contributed by atoms with van der Waals surface area (Å²) in [6, 6.07) is 15.7. The molecule has 11 heteroatoms. The molecule has 0 heterocycles. The lowest BCUT2D eigenvalue weighted by atomic mass is 10.1. The Morgan fingerprint density at radius 2 is 1.59 bits per heavy atom. The molecule has 1 N–H and O–H groups in total. The molecule has 0 fully saturated rings. The van der Waals surface area contributed by atoms with Crippen LogP contribution in [0, 0.1) is 13.8 Å². The molecular weight excluding hydrogens is 531 g/mol. The summed E-state index contributed by atoms with van der Waals surface area (Å²) in [5, 5.41) is 2.48. The highest BCUT2D eigenvalue weighted by molar-refractivity contribution is 7.92. The number of nitrogens with one attached hydrogen (secondary N) is 1. The molecule has 0 aromatic heterocycles. The molecular formula is C28H30F3N3O4S.